The molecule has 82 valence electrons. The third-order valence-corrected chi connectivity index (χ3v) is 2.70. The molecule has 0 radical (unpaired) electrons. The minimum absolute atomic E-state index is 0.395. The van der Waals surface area contributed by atoms with E-state index in [1.807, 2.05) is 0 Å². The molecule has 0 atom stereocenters. The van der Waals surface area contributed by atoms with E-state index in [1.165, 1.54) is 0 Å². The lowest BCUT2D eigenvalue weighted by molar-refractivity contribution is -0.0663. The van der Waals surface area contributed by atoms with Crippen LogP contribution in [0.25, 0.3) is 0 Å². The van der Waals surface area contributed by atoms with Crippen molar-refractivity contribution in [3.8, 4) is 0 Å². The fourth-order valence-electron chi connectivity index (χ4n) is 1.65. The fourth-order valence-corrected chi connectivity index (χ4v) is 1.65. The molecule has 0 aromatic rings. The molecule has 2 aliphatic rings. The molecule has 14 heavy (non-hydrogen) atoms. The second kappa shape index (κ2) is 5.66. The predicted molar refractivity (Wildman–Crippen MR) is 52.4 cm³/mol. The van der Waals surface area contributed by atoms with Gasteiger partial charge in [0.1, 0.15) is 0 Å². The van der Waals surface area contributed by atoms with Crippen molar-refractivity contribution in [3.05, 3.63) is 0 Å². The number of hydrogen-bond donors (Lipinski definition) is 1. The van der Waals surface area contributed by atoms with E-state index in [9.17, 15) is 0 Å². The lowest BCUT2D eigenvalue weighted by atomic mass is 10.2. The first kappa shape index (κ1) is 10.4. The number of nitrogens with one attached hydrogen (secondary N) is 1. The van der Waals surface area contributed by atoms with Crippen molar-refractivity contribution in [3.63, 3.8) is 0 Å². The van der Waals surface area contributed by atoms with Gasteiger partial charge in [-0.25, -0.2) is 0 Å². The van der Waals surface area contributed by atoms with Crippen molar-refractivity contribution in [1.82, 2.24) is 5.32 Å². The highest BCUT2D eigenvalue weighted by Crippen LogP contribution is 2.10. The van der Waals surface area contributed by atoms with E-state index in [0.29, 0.717) is 12.2 Å². The molecule has 2 heterocycles. The molecule has 0 saturated carbocycles. The van der Waals surface area contributed by atoms with Crippen molar-refractivity contribution in [2.24, 2.45) is 0 Å². The van der Waals surface area contributed by atoms with Gasteiger partial charge in [0.05, 0.1) is 25.4 Å². The van der Waals surface area contributed by atoms with Gasteiger partial charge in [0.2, 0.25) is 0 Å². The first-order valence-corrected chi connectivity index (χ1v) is 5.47. The van der Waals surface area contributed by atoms with Crippen LogP contribution in [0.15, 0.2) is 0 Å². The van der Waals surface area contributed by atoms with Crippen molar-refractivity contribution in [1.29, 1.82) is 0 Å². The minimum Gasteiger partial charge on any atom is -0.381 e. The van der Waals surface area contributed by atoms with Crippen LogP contribution >= 0.6 is 0 Å². The first-order chi connectivity index (χ1) is 6.95. The number of ether oxygens (including phenoxy) is 3. The summed E-state index contributed by atoms with van der Waals surface area (Å²) in [5.41, 5.74) is 0. The third kappa shape index (κ3) is 3.20. The molecule has 2 rings (SSSR count). The van der Waals surface area contributed by atoms with Crippen molar-refractivity contribution < 1.29 is 14.2 Å². The van der Waals surface area contributed by atoms with Crippen LogP contribution in [-0.4, -0.2) is 51.7 Å². The second-order valence-electron chi connectivity index (χ2n) is 3.83. The van der Waals surface area contributed by atoms with Crippen molar-refractivity contribution in [2.75, 3.05) is 39.5 Å². The molecule has 2 saturated heterocycles. The highest BCUT2D eigenvalue weighted by Gasteiger charge is 2.17. The quantitative estimate of drug-likeness (QED) is 0.644. The van der Waals surface area contributed by atoms with Gasteiger partial charge >= 0.3 is 0 Å². The molecule has 0 unspecified atom stereocenters. The monoisotopic (exact) mass is 201 g/mol. The molecule has 0 aliphatic carbocycles. The number of hydrogen-bond acceptors (Lipinski definition) is 4. The molecule has 1 N–H and O–H groups in total. The van der Waals surface area contributed by atoms with Gasteiger partial charge in [0.15, 0.2) is 0 Å². The molecule has 0 amide bonds. The Kier molecular flexibility index (Phi) is 4.19. The van der Waals surface area contributed by atoms with Gasteiger partial charge in [-0.3, -0.25) is 0 Å². The van der Waals surface area contributed by atoms with Crippen molar-refractivity contribution >= 4 is 0 Å². The molecule has 0 aromatic carbocycles. The molecular formula is C10H19NO3. The molecule has 2 fully saturated rings. The van der Waals surface area contributed by atoms with E-state index in [1.54, 1.807) is 0 Å². The molecule has 0 spiro atoms. The Morgan fingerprint density at radius 2 is 1.64 bits per heavy atom. The largest absolute Gasteiger partial charge is 0.381 e. The Morgan fingerprint density at radius 3 is 2.21 bits per heavy atom. The zero-order valence-corrected chi connectivity index (χ0v) is 8.54. The van der Waals surface area contributed by atoms with Crippen LogP contribution in [0.3, 0.4) is 0 Å². The lowest BCUT2D eigenvalue weighted by Gasteiger charge is -2.28. The van der Waals surface area contributed by atoms with Crippen LogP contribution in [0.2, 0.25) is 0 Å². The molecule has 2 aliphatic heterocycles. The normalized spacial score (nSPS) is 24.9. The maximum atomic E-state index is 5.68. The Balaban J connectivity index is 1.45. The molecular weight excluding hydrogens is 182 g/mol. The second-order valence-corrected chi connectivity index (χ2v) is 3.83. The van der Waals surface area contributed by atoms with E-state index in [0.717, 1.165) is 52.4 Å². The molecule has 0 bridgehead atoms. The predicted octanol–water partition coefficient (Wildman–Crippen LogP) is 0.170. The van der Waals surface area contributed by atoms with E-state index in [-0.39, 0.29) is 0 Å². The van der Waals surface area contributed by atoms with Crippen molar-refractivity contribution in [2.45, 2.75) is 25.0 Å². The summed E-state index contributed by atoms with van der Waals surface area (Å²) in [7, 11) is 0. The molecule has 4 nitrogen and oxygen atoms in total. The first-order valence-electron chi connectivity index (χ1n) is 5.47. The average molecular weight is 201 g/mol. The Hall–Kier alpha value is -0.160. The van der Waals surface area contributed by atoms with Gasteiger partial charge in [-0.1, -0.05) is 0 Å². The zero-order valence-electron chi connectivity index (χ0n) is 8.54. The Morgan fingerprint density at radius 1 is 1.00 bits per heavy atom. The maximum absolute atomic E-state index is 5.68. The zero-order chi connectivity index (χ0) is 9.64. The molecule has 0 aromatic heterocycles. The van der Waals surface area contributed by atoms with E-state index in [2.05, 4.69) is 5.32 Å². The van der Waals surface area contributed by atoms with Gasteiger partial charge in [-0.05, 0) is 12.8 Å². The van der Waals surface area contributed by atoms with Gasteiger partial charge in [0, 0.05) is 26.3 Å². The van der Waals surface area contributed by atoms with Gasteiger partial charge < -0.3 is 19.5 Å². The standard InChI is InChI=1S/C10H19NO3/c1-3-12-4-2-9(1)13-5-6-14-10-7-11-8-10/h9-11H,1-8H2. The summed E-state index contributed by atoms with van der Waals surface area (Å²) in [5, 5.41) is 3.17. The summed E-state index contributed by atoms with van der Waals surface area (Å²) >= 11 is 0. The summed E-state index contributed by atoms with van der Waals surface area (Å²) in [5.74, 6) is 0. The van der Waals surface area contributed by atoms with Crippen LogP contribution in [0, 0.1) is 0 Å². The van der Waals surface area contributed by atoms with Crippen LogP contribution in [0.1, 0.15) is 12.8 Å². The SMILES string of the molecule is C1CC(OCCOC2CNC2)CCO1. The average Bonchev–Trinajstić information content (AvgIpc) is 2.16. The highest BCUT2D eigenvalue weighted by molar-refractivity contribution is 4.74. The maximum Gasteiger partial charge on any atom is 0.0824 e. The lowest BCUT2D eigenvalue weighted by Crippen LogP contribution is -2.48. The number of rotatable bonds is 5. The summed E-state index contributed by atoms with van der Waals surface area (Å²) in [6.45, 7) is 5.13. The van der Waals surface area contributed by atoms with E-state index >= 15 is 0 Å². The summed E-state index contributed by atoms with van der Waals surface area (Å²) in [6.07, 6.45) is 2.89. The Labute approximate surface area is 84.9 Å². The fraction of sp³-hybridized carbons (Fsp3) is 1.00. The Bertz CT molecular complexity index is 155. The highest BCUT2D eigenvalue weighted by atomic mass is 16.5. The summed E-state index contributed by atoms with van der Waals surface area (Å²) < 4.78 is 16.5. The van der Waals surface area contributed by atoms with Crippen LogP contribution in [0.4, 0.5) is 0 Å². The smallest absolute Gasteiger partial charge is 0.0824 e. The van der Waals surface area contributed by atoms with Gasteiger partial charge in [-0.15, -0.1) is 0 Å². The third-order valence-electron chi connectivity index (χ3n) is 2.70. The van der Waals surface area contributed by atoms with Crippen LogP contribution in [-0.2, 0) is 14.2 Å². The van der Waals surface area contributed by atoms with E-state index < -0.39 is 0 Å². The summed E-state index contributed by atoms with van der Waals surface area (Å²) in [6, 6.07) is 0. The summed E-state index contributed by atoms with van der Waals surface area (Å²) in [4.78, 5) is 0. The van der Waals surface area contributed by atoms with Gasteiger partial charge in [-0.2, -0.15) is 0 Å². The van der Waals surface area contributed by atoms with Gasteiger partial charge in [0.25, 0.3) is 0 Å². The van der Waals surface area contributed by atoms with E-state index in [4.69, 9.17) is 14.2 Å². The topological polar surface area (TPSA) is 39.7 Å². The van der Waals surface area contributed by atoms with Crippen LogP contribution in [0.5, 0.6) is 0 Å². The van der Waals surface area contributed by atoms with Crippen LogP contribution < -0.4 is 5.32 Å². The minimum atomic E-state index is 0.395. The molecule has 4 heteroatoms.